The first kappa shape index (κ1) is 41.2. The highest BCUT2D eigenvalue weighted by atomic mass is 31.2. The van der Waals surface area contributed by atoms with Crippen LogP contribution >= 0.6 is 7.82 Å². The molecule has 0 radical (unpaired) electrons. The van der Waals surface area contributed by atoms with Crippen molar-refractivity contribution in [1.82, 2.24) is 5.32 Å². The van der Waals surface area contributed by atoms with Gasteiger partial charge in [-0.2, -0.15) is 0 Å². The van der Waals surface area contributed by atoms with Crippen molar-refractivity contribution in [2.75, 3.05) is 26.4 Å². The third-order valence-corrected chi connectivity index (χ3v) is 7.56. The summed E-state index contributed by atoms with van der Waals surface area (Å²) in [7, 11) is -4.39. The molecule has 0 aliphatic rings. The fourth-order valence-electron chi connectivity index (χ4n) is 4.03. The van der Waals surface area contributed by atoms with Crippen LogP contribution in [0.2, 0.25) is 0 Å². The van der Waals surface area contributed by atoms with Crippen LogP contribution in [0, 0.1) is 0 Å². The second kappa shape index (κ2) is 30.3. The molecule has 0 aromatic heterocycles. The molecule has 0 saturated heterocycles. The molecule has 9 nitrogen and oxygen atoms in total. The molecule has 43 heavy (non-hydrogen) atoms. The van der Waals surface area contributed by atoms with Crippen LogP contribution in [0.3, 0.4) is 0 Å². The first-order chi connectivity index (χ1) is 20.8. The molecule has 0 rings (SSSR count). The highest BCUT2D eigenvalue weighted by molar-refractivity contribution is 7.47. The van der Waals surface area contributed by atoms with Gasteiger partial charge in [-0.1, -0.05) is 102 Å². The average Bonchev–Trinajstić information content (AvgIpc) is 2.98. The minimum absolute atomic E-state index is 0.0757. The molecule has 10 heteroatoms. The summed E-state index contributed by atoms with van der Waals surface area (Å²) in [6, 6.07) is 0. The number of allylic oxidation sites excluding steroid dienone is 6. The van der Waals surface area contributed by atoms with Gasteiger partial charge in [0.05, 0.1) is 13.2 Å². The van der Waals surface area contributed by atoms with Crippen LogP contribution in [0.5, 0.6) is 0 Å². The van der Waals surface area contributed by atoms with Crippen LogP contribution in [-0.4, -0.2) is 54.3 Å². The number of carbonyl (C=O) groups is 2. The van der Waals surface area contributed by atoms with Gasteiger partial charge in [-0.25, -0.2) is 4.57 Å². The van der Waals surface area contributed by atoms with Crippen LogP contribution < -0.4 is 5.32 Å². The molecule has 2 unspecified atom stereocenters. The second-order valence-electron chi connectivity index (χ2n) is 10.8. The molecule has 0 aromatic carbocycles. The SMILES string of the molecule is CCCCC/C=C\C/C=C\C/C=C\CCCCCCCCC(=O)OCC(O)COP(=O)(O)OCCNC(=O)CCCCC. The van der Waals surface area contributed by atoms with E-state index in [2.05, 4.69) is 48.7 Å². The van der Waals surface area contributed by atoms with Gasteiger partial charge in [0.1, 0.15) is 12.7 Å². The molecule has 0 spiro atoms. The molecule has 0 heterocycles. The lowest BCUT2D eigenvalue weighted by Gasteiger charge is -2.15. The molecule has 0 saturated carbocycles. The standard InChI is InChI=1S/C33H60NO8P/c1-3-5-7-8-9-10-11-12-13-14-15-16-17-18-19-20-21-22-24-26-33(37)40-29-31(35)30-42-43(38,39)41-28-27-34-32(36)25-23-6-4-2/h9-10,12-13,15-16,31,35H,3-8,11,14,17-30H2,1-2H3,(H,34,36)(H,38,39)/b10-9-,13-12-,16-15-. The lowest BCUT2D eigenvalue weighted by molar-refractivity contribution is -0.147. The lowest BCUT2D eigenvalue weighted by Crippen LogP contribution is -2.27. The molecule has 3 N–H and O–H groups in total. The number of carbonyl (C=O) groups excluding carboxylic acids is 2. The van der Waals surface area contributed by atoms with E-state index in [0.29, 0.717) is 6.42 Å². The molecule has 2 atom stereocenters. The third kappa shape index (κ3) is 31.5. The highest BCUT2D eigenvalue weighted by Crippen LogP contribution is 2.42. The van der Waals surface area contributed by atoms with Gasteiger partial charge in [-0.05, 0) is 51.4 Å². The van der Waals surface area contributed by atoms with E-state index < -0.39 is 26.5 Å². The Morgan fingerprint density at radius 1 is 0.721 bits per heavy atom. The average molecular weight is 630 g/mol. The van der Waals surface area contributed by atoms with Crippen molar-refractivity contribution in [3.8, 4) is 0 Å². The summed E-state index contributed by atoms with van der Waals surface area (Å²) < 4.78 is 26.4. The van der Waals surface area contributed by atoms with E-state index in [1.54, 1.807) is 0 Å². The zero-order valence-electron chi connectivity index (χ0n) is 26.9. The van der Waals surface area contributed by atoms with Gasteiger partial charge >= 0.3 is 13.8 Å². The van der Waals surface area contributed by atoms with Crippen LogP contribution in [0.1, 0.15) is 129 Å². The number of nitrogens with one attached hydrogen (secondary N) is 1. The van der Waals surface area contributed by atoms with E-state index in [0.717, 1.165) is 64.2 Å². The summed E-state index contributed by atoms with van der Waals surface area (Å²) in [5, 5.41) is 12.5. The number of aliphatic hydroxyl groups excluding tert-OH is 1. The predicted octanol–water partition coefficient (Wildman–Crippen LogP) is 7.87. The Morgan fingerprint density at radius 2 is 1.26 bits per heavy atom. The summed E-state index contributed by atoms with van der Waals surface area (Å²) in [6.45, 7) is 3.30. The molecular weight excluding hydrogens is 569 g/mol. The predicted molar refractivity (Wildman–Crippen MR) is 174 cm³/mol. The summed E-state index contributed by atoms with van der Waals surface area (Å²) in [4.78, 5) is 33.2. The summed E-state index contributed by atoms with van der Waals surface area (Å²) in [5.41, 5.74) is 0. The Balaban J connectivity index is 3.64. The van der Waals surface area contributed by atoms with Crippen molar-refractivity contribution >= 4 is 19.7 Å². The minimum atomic E-state index is -4.39. The number of phosphoric acid groups is 1. The molecule has 0 aromatic rings. The van der Waals surface area contributed by atoms with Crippen molar-refractivity contribution in [3.63, 3.8) is 0 Å². The Morgan fingerprint density at radius 3 is 1.91 bits per heavy atom. The summed E-state index contributed by atoms with van der Waals surface area (Å²) in [5.74, 6) is -0.558. The lowest BCUT2D eigenvalue weighted by atomic mass is 10.1. The van der Waals surface area contributed by atoms with E-state index in [4.69, 9.17) is 13.8 Å². The van der Waals surface area contributed by atoms with Gasteiger partial charge in [0, 0.05) is 19.4 Å². The van der Waals surface area contributed by atoms with Crippen molar-refractivity contribution in [2.24, 2.45) is 0 Å². The minimum Gasteiger partial charge on any atom is -0.463 e. The van der Waals surface area contributed by atoms with E-state index in [1.807, 2.05) is 6.92 Å². The largest absolute Gasteiger partial charge is 0.472 e. The van der Waals surface area contributed by atoms with Crippen molar-refractivity contribution in [2.45, 2.75) is 136 Å². The Hall–Kier alpha value is -1.77. The molecule has 0 aliphatic heterocycles. The maximum atomic E-state index is 11.9. The van der Waals surface area contributed by atoms with Crippen molar-refractivity contribution < 1.29 is 37.9 Å². The number of hydrogen-bond acceptors (Lipinski definition) is 7. The zero-order valence-corrected chi connectivity index (χ0v) is 27.8. The van der Waals surface area contributed by atoms with E-state index in [1.165, 1.54) is 38.5 Å². The van der Waals surface area contributed by atoms with Gasteiger partial charge < -0.3 is 20.1 Å². The molecule has 1 amide bonds. The zero-order chi connectivity index (χ0) is 31.9. The number of phosphoric ester groups is 1. The summed E-state index contributed by atoms with van der Waals surface area (Å²) >= 11 is 0. The number of rotatable bonds is 30. The van der Waals surface area contributed by atoms with Crippen LogP contribution in [-0.2, 0) is 27.9 Å². The van der Waals surface area contributed by atoms with E-state index in [-0.39, 0.29) is 32.1 Å². The van der Waals surface area contributed by atoms with E-state index in [9.17, 15) is 24.2 Å². The van der Waals surface area contributed by atoms with Gasteiger partial charge in [-0.3, -0.25) is 18.6 Å². The van der Waals surface area contributed by atoms with Gasteiger partial charge in [-0.15, -0.1) is 0 Å². The maximum Gasteiger partial charge on any atom is 0.472 e. The fraction of sp³-hybridized carbons (Fsp3) is 0.758. The van der Waals surface area contributed by atoms with E-state index >= 15 is 0 Å². The third-order valence-electron chi connectivity index (χ3n) is 6.57. The van der Waals surface area contributed by atoms with Gasteiger partial charge in [0.25, 0.3) is 0 Å². The normalized spacial score (nSPS) is 14.0. The quantitative estimate of drug-likeness (QED) is 0.0317. The van der Waals surface area contributed by atoms with Crippen LogP contribution in [0.15, 0.2) is 36.5 Å². The number of hydrogen-bond donors (Lipinski definition) is 3. The van der Waals surface area contributed by atoms with Crippen molar-refractivity contribution in [3.05, 3.63) is 36.5 Å². The van der Waals surface area contributed by atoms with Crippen molar-refractivity contribution in [1.29, 1.82) is 0 Å². The molecule has 0 bridgehead atoms. The van der Waals surface area contributed by atoms with Crippen LogP contribution in [0.25, 0.3) is 0 Å². The number of amides is 1. The highest BCUT2D eigenvalue weighted by Gasteiger charge is 2.23. The Bertz CT molecular complexity index is 815. The summed E-state index contributed by atoms with van der Waals surface area (Å²) in [6.07, 6.45) is 30.0. The molecule has 0 aliphatic carbocycles. The van der Waals surface area contributed by atoms with Gasteiger partial charge in [0.2, 0.25) is 5.91 Å². The Labute approximate surface area is 261 Å². The number of esters is 1. The molecule has 0 fully saturated rings. The number of unbranched alkanes of at least 4 members (excludes halogenated alkanes) is 11. The molecular formula is C33H60NO8P. The first-order valence-corrected chi connectivity index (χ1v) is 18.0. The Kier molecular flexibility index (Phi) is 29.0. The van der Waals surface area contributed by atoms with Gasteiger partial charge in [0.15, 0.2) is 0 Å². The van der Waals surface area contributed by atoms with Crippen LogP contribution in [0.4, 0.5) is 0 Å². The number of ether oxygens (including phenoxy) is 1. The fourth-order valence-corrected chi connectivity index (χ4v) is 4.79. The topological polar surface area (TPSA) is 131 Å². The monoisotopic (exact) mass is 629 g/mol. The molecule has 250 valence electrons. The maximum absolute atomic E-state index is 11.9. The second-order valence-corrected chi connectivity index (χ2v) is 12.2. The smallest absolute Gasteiger partial charge is 0.463 e. The first-order valence-electron chi connectivity index (χ1n) is 16.5. The number of aliphatic hydroxyl groups is 1.